The number of hydrogen-bond donors (Lipinski definition) is 2. The maximum absolute atomic E-state index is 12.1. The molecule has 1 atom stereocenters. The molecule has 0 fully saturated rings. The number of nitrogens with zero attached hydrogens (tertiary/aromatic N) is 1. The lowest BCUT2D eigenvalue weighted by molar-refractivity contribution is -0.132. The van der Waals surface area contributed by atoms with E-state index in [1.165, 1.54) is 0 Å². The van der Waals surface area contributed by atoms with E-state index in [9.17, 15) is 9.59 Å². The topological polar surface area (TPSA) is 75.4 Å². The lowest BCUT2D eigenvalue weighted by Crippen LogP contribution is -2.38. The molecule has 0 aliphatic carbocycles. The first-order valence-corrected chi connectivity index (χ1v) is 7.91. The minimum absolute atomic E-state index is 0. The SMILES string of the molecule is CN(Cc1ccccc1)C(=O)CNC(=O)CC(N)c1ccccc1.Cl. The van der Waals surface area contributed by atoms with Gasteiger partial charge in [0.1, 0.15) is 0 Å². The first-order chi connectivity index (χ1) is 11.6. The van der Waals surface area contributed by atoms with Gasteiger partial charge >= 0.3 is 0 Å². The van der Waals surface area contributed by atoms with Crippen LogP contribution in [0.3, 0.4) is 0 Å². The molecule has 0 saturated carbocycles. The van der Waals surface area contributed by atoms with E-state index in [0.717, 1.165) is 11.1 Å². The maximum atomic E-state index is 12.1. The van der Waals surface area contributed by atoms with Crippen molar-refractivity contribution in [1.29, 1.82) is 0 Å². The summed E-state index contributed by atoms with van der Waals surface area (Å²) in [6.07, 6.45) is 0.152. The molecule has 0 saturated heterocycles. The average molecular weight is 362 g/mol. The van der Waals surface area contributed by atoms with Crippen LogP contribution in [0.5, 0.6) is 0 Å². The van der Waals surface area contributed by atoms with E-state index >= 15 is 0 Å². The van der Waals surface area contributed by atoms with E-state index < -0.39 is 0 Å². The Balaban J connectivity index is 0.00000312. The molecular weight excluding hydrogens is 338 g/mol. The minimum Gasteiger partial charge on any atom is -0.347 e. The molecule has 0 heterocycles. The average Bonchev–Trinajstić information content (AvgIpc) is 2.61. The molecule has 2 aromatic rings. The lowest BCUT2D eigenvalue weighted by Gasteiger charge is -2.18. The summed E-state index contributed by atoms with van der Waals surface area (Å²) in [5.74, 6) is -0.367. The molecule has 2 rings (SSSR count). The number of halogens is 1. The van der Waals surface area contributed by atoms with Crippen LogP contribution in [0.1, 0.15) is 23.6 Å². The van der Waals surface area contributed by atoms with Crippen molar-refractivity contribution in [2.45, 2.75) is 19.0 Å². The van der Waals surface area contributed by atoms with Crippen molar-refractivity contribution in [2.75, 3.05) is 13.6 Å². The van der Waals surface area contributed by atoms with Crippen LogP contribution >= 0.6 is 12.4 Å². The van der Waals surface area contributed by atoms with Crippen molar-refractivity contribution in [3.63, 3.8) is 0 Å². The molecule has 3 N–H and O–H groups in total. The summed E-state index contributed by atoms with van der Waals surface area (Å²) in [4.78, 5) is 25.6. The molecular formula is C19H24ClN3O2. The zero-order valence-electron chi connectivity index (χ0n) is 14.2. The van der Waals surface area contributed by atoms with Crippen LogP contribution in [0, 0.1) is 0 Å². The number of nitrogens with two attached hydrogens (primary N) is 1. The third kappa shape index (κ3) is 6.95. The summed E-state index contributed by atoms with van der Waals surface area (Å²) < 4.78 is 0. The van der Waals surface area contributed by atoms with Crippen LogP contribution in [0.4, 0.5) is 0 Å². The number of likely N-dealkylation sites (N-methyl/N-ethyl adjacent to an activating group) is 1. The number of amides is 2. The van der Waals surface area contributed by atoms with Crippen molar-refractivity contribution in [3.8, 4) is 0 Å². The highest BCUT2D eigenvalue weighted by molar-refractivity contribution is 5.85. The van der Waals surface area contributed by atoms with E-state index in [4.69, 9.17) is 5.73 Å². The fourth-order valence-electron chi connectivity index (χ4n) is 2.34. The Morgan fingerprint density at radius 2 is 1.60 bits per heavy atom. The summed E-state index contributed by atoms with van der Waals surface area (Å²) in [7, 11) is 1.72. The van der Waals surface area contributed by atoms with Gasteiger partial charge in [0.25, 0.3) is 0 Å². The van der Waals surface area contributed by atoms with Crippen molar-refractivity contribution in [3.05, 3.63) is 71.8 Å². The van der Waals surface area contributed by atoms with Gasteiger partial charge in [0.05, 0.1) is 6.54 Å². The lowest BCUT2D eigenvalue weighted by atomic mass is 10.0. The fourth-order valence-corrected chi connectivity index (χ4v) is 2.34. The molecule has 2 aromatic carbocycles. The second-order valence-corrected chi connectivity index (χ2v) is 5.73. The highest BCUT2D eigenvalue weighted by Crippen LogP contribution is 2.12. The van der Waals surface area contributed by atoms with Crippen LogP contribution in [0.25, 0.3) is 0 Å². The summed E-state index contributed by atoms with van der Waals surface area (Å²) >= 11 is 0. The van der Waals surface area contributed by atoms with Crippen molar-refractivity contribution < 1.29 is 9.59 Å². The Kier molecular flexibility index (Phi) is 8.67. The Morgan fingerprint density at radius 1 is 1.04 bits per heavy atom. The van der Waals surface area contributed by atoms with Gasteiger partial charge in [-0.15, -0.1) is 12.4 Å². The van der Waals surface area contributed by atoms with Gasteiger partial charge in [-0.1, -0.05) is 60.7 Å². The van der Waals surface area contributed by atoms with Gasteiger partial charge in [-0.05, 0) is 11.1 Å². The smallest absolute Gasteiger partial charge is 0.242 e. The second kappa shape index (κ2) is 10.5. The van der Waals surface area contributed by atoms with Gasteiger partial charge in [0.15, 0.2) is 0 Å². The summed E-state index contributed by atoms with van der Waals surface area (Å²) in [6.45, 7) is 0.489. The van der Waals surface area contributed by atoms with Crippen LogP contribution in [0.2, 0.25) is 0 Å². The monoisotopic (exact) mass is 361 g/mol. The number of hydrogen-bond acceptors (Lipinski definition) is 3. The molecule has 0 radical (unpaired) electrons. The van der Waals surface area contributed by atoms with Gasteiger partial charge in [-0.25, -0.2) is 0 Å². The Labute approximate surface area is 154 Å². The standard InChI is InChI=1S/C19H23N3O2.ClH/c1-22(14-15-8-4-2-5-9-15)19(24)13-21-18(23)12-17(20)16-10-6-3-7-11-16;/h2-11,17H,12-14,20H2,1H3,(H,21,23);1H. The zero-order chi connectivity index (χ0) is 17.4. The first kappa shape index (κ1) is 20.7. The van der Waals surface area contributed by atoms with Gasteiger partial charge in [-0.2, -0.15) is 0 Å². The Morgan fingerprint density at radius 3 is 2.20 bits per heavy atom. The molecule has 25 heavy (non-hydrogen) atoms. The predicted molar refractivity (Wildman–Crippen MR) is 101 cm³/mol. The molecule has 6 heteroatoms. The molecule has 0 aliphatic rings. The van der Waals surface area contributed by atoms with E-state index in [1.54, 1.807) is 11.9 Å². The fraction of sp³-hybridized carbons (Fsp3) is 0.263. The van der Waals surface area contributed by atoms with Gasteiger partial charge < -0.3 is 16.0 Å². The minimum atomic E-state index is -0.372. The normalized spacial score (nSPS) is 11.1. The Hall–Kier alpha value is -2.37. The van der Waals surface area contributed by atoms with E-state index in [-0.39, 0.29) is 43.2 Å². The molecule has 5 nitrogen and oxygen atoms in total. The van der Waals surface area contributed by atoms with E-state index in [1.807, 2.05) is 60.7 Å². The van der Waals surface area contributed by atoms with Gasteiger partial charge in [-0.3, -0.25) is 9.59 Å². The molecule has 0 bridgehead atoms. The third-order valence-corrected chi connectivity index (χ3v) is 3.76. The van der Waals surface area contributed by atoms with E-state index in [2.05, 4.69) is 5.32 Å². The quantitative estimate of drug-likeness (QED) is 0.794. The van der Waals surface area contributed by atoms with Gasteiger partial charge in [0, 0.05) is 26.1 Å². The van der Waals surface area contributed by atoms with E-state index in [0.29, 0.717) is 6.54 Å². The molecule has 0 aromatic heterocycles. The third-order valence-electron chi connectivity index (χ3n) is 3.76. The van der Waals surface area contributed by atoms with Crippen LogP contribution in [-0.2, 0) is 16.1 Å². The summed E-state index contributed by atoms with van der Waals surface area (Å²) in [5, 5.41) is 2.64. The largest absolute Gasteiger partial charge is 0.347 e. The highest BCUT2D eigenvalue weighted by atomic mass is 35.5. The number of carbonyl (C=O) groups is 2. The highest BCUT2D eigenvalue weighted by Gasteiger charge is 2.14. The number of rotatable bonds is 7. The molecule has 0 spiro atoms. The maximum Gasteiger partial charge on any atom is 0.242 e. The number of carbonyl (C=O) groups excluding carboxylic acids is 2. The second-order valence-electron chi connectivity index (χ2n) is 5.73. The first-order valence-electron chi connectivity index (χ1n) is 7.91. The molecule has 134 valence electrons. The summed E-state index contributed by atoms with van der Waals surface area (Å²) in [6, 6.07) is 18.8. The van der Waals surface area contributed by atoms with Gasteiger partial charge in [0.2, 0.25) is 11.8 Å². The van der Waals surface area contributed by atoms with Crippen LogP contribution in [-0.4, -0.2) is 30.3 Å². The molecule has 0 aliphatic heterocycles. The molecule has 1 unspecified atom stereocenters. The van der Waals surface area contributed by atoms with Crippen LogP contribution < -0.4 is 11.1 Å². The summed E-state index contributed by atoms with van der Waals surface area (Å²) in [5.41, 5.74) is 7.96. The zero-order valence-corrected chi connectivity index (χ0v) is 15.0. The Bertz CT molecular complexity index is 665. The van der Waals surface area contributed by atoms with Crippen molar-refractivity contribution in [2.24, 2.45) is 5.73 Å². The number of benzene rings is 2. The molecule has 2 amide bonds. The van der Waals surface area contributed by atoms with Crippen molar-refractivity contribution >= 4 is 24.2 Å². The predicted octanol–water partition coefficient (Wildman–Crippen LogP) is 2.27. The number of nitrogens with one attached hydrogen (secondary N) is 1. The van der Waals surface area contributed by atoms with Crippen molar-refractivity contribution in [1.82, 2.24) is 10.2 Å². The van der Waals surface area contributed by atoms with Crippen LogP contribution in [0.15, 0.2) is 60.7 Å².